The largest absolute Gasteiger partial charge is 0.493 e. The summed E-state index contributed by atoms with van der Waals surface area (Å²) in [4.78, 5) is 12.7. The third-order valence-corrected chi connectivity index (χ3v) is 8.96. The first-order valence-electron chi connectivity index (χ1n) is 13.3. The summed E-state index contributed by atoms with van der Waals surface area (Å²) in [6, 6.07) is 20.6. The van der Waals surface area contributed by atoms with Gasteiger partial charge >= 0.3 is 5.97 Å². The van der Waals surface area contributed by atoms with Gasteiger partial charge in [0.05, 0.1) is 23.7 Å². The minimum atomic E-state index is -3.82. The minimum absolute atomic E-state index is 0.201. The zero-order chi connectivity index (χ0) is 28.4. The van der Waals surface area contributed by atoms with Crippen molar-refractivity contribution in [1.82, 2.24) is 0 Å². The number of rotatable bonds is 13. The quantitative estimate of drug-likeness (QED) is 0.113. The number of allylic oxidation sites excluding steroid dienone is 1. The van der Waals surface area contributed by atoms with E-state index >= 15 is 0 Å². The molecular weight excluding hydrogens is 512 g/mol. The number of esters is 1. The molecule has 0 spiro atoms. The summed E-state index contributed by atoms with van der Waals surface area (Å²) < 4.78 is 38.3. The van der Waals surface area contributed by atoms with E-state index in [4.69, 9.17) is 9.47 Å². The van der Waals surface area contributed by atoms with Crippen molar-refractivity contribution in [3.8, 4) is 11.5 Å². The molecule has 0 radical (unpaired) electrons. The van der Waals surface area contributed by atoms with Crippen LogP contribution in [0.2, 0.25) is 0 Å². The van der Waals surface area contributed by atoms with Gasteiger partial charge in [-0.15, -0.1) is 0 Å². The molecule has 3 aromatic rings. The highest BCUT2D eigenvalue weighted by atomic mass is 32.2. The molecule has 0 aliphatic heterocycles. The smallest absolute Gasteiger partial charge is 0.343 e. The Morgan fingerprint density at radius 1 is 1.00 bits per heavy atom. The molecule has 6 nitrogen and oxygen atoms in total. The SMILES string of the molecule is CCCC/C=C(\C)C(C(O)CCc1ccc(OC(=O)c2ccccc2)c(OC)c1)S(=O)(=O)c1ccc(C)cc1. The molecule has 2 unspecified atom stereocenters. The summed E-state index contributed by atoms with van der Waals surface area (Å²) in [5, 5.41) is 10.2. The Morgan fingerprint density at radius 3 is 2.33 bits per heavy atom. The number of aryl methyl sites for hydroxylation is 2. The summed E-state index contributed by atoms with van der Waals surface area (Å²) in [7, 11) is -2.33. The van der Waals surface area contributed by atoms with Crippen LogP contribution in [0.5, 0.6) is 11.5 Å². The van der Waals surface area contributed by atoms with Gasteiger partial charge in [0.15, 0.2) is 21.3 Å². The standard InChI is InChI=1S/C32H38O6S/c1-5-6-8-11-24(3)31(39(35,36)27-18-14-23(2)15-19-27)28(33)20-16-25-17-21-29(30(22-25)37-4)38-32(34)26-12-9-7-10-13-26/h7,9-15,17-19,21-22,28,31,33H,5-6,8,16,20H2,1-4H3/b24-11+. The van der Waals surface area contributed by atoms with E-state index in [1.165, 1.54) is 7.11 Å². The molecule has 0 bridgehead atoms. The van der Waals surface area contributed by atoms with Gasteiger partial charge in [-0.2, -0.15) is 0 Å². The highest BCUT2D eigenvalue weighted by Gasteiger charge is 2.35. The highest BCUT2D eigenvalue weighted by molar-refractivity contribution is 7.92. The van der Waals surface area contributed by atoms with E-state index in [-0.39, 0.29) is 17.1 Å². The van der Waals surface area contributed by atoms with Gasteiger partial charge < -0.3 is 14.6 Å². The Bertz CT molecular complexity index is 1360. The second kappa shape index (κ2) is 14.1. The van der Waals surface area contributed by atoms with Crippen LogP contribution in [0.15, 0.2) is 89.3 Å². The van der Waals surface area contributed by atoms with Crippen molar-refractivity contribution in [2.45, 2.75) is 69.1 Å². The van der Waals surface area contributed by atoms with E-state index in [9.17, 15) is 18.3 Å². The van der Waals surface area contributed by atoms with Gasteiger partial charge in [0.1, 0.15) is 5.25 Å². The van der Waals surface area contributed by atoms with Gasteiger partial charge in [0.2, 0.25) is 0 Å². The maximum atomic E-state index is 13.7. The summed E-state index contributed by atoms with van der Waals surface area (Å²) in [5.41, 5.74) is 2.87. The van der Waals surface area contributed by atoms with Crippen LogP contribution < -0.4 is 9.47 Å². The van der Waals surface area contributed by atoms with Crippen molar-refractivity contribution in [3.63, 3.8) is 0 Å². The van der Waals surface area contributed by atoms with E-state index < -0.39 is 27.2 Å². The molecule has 0 amide bonds. The topological polar surface area (TPSA) is 89.9 Å². The van der Waals surface area contributed by atoms with Crippen LogP contribution in [0.4, 0.5) is 0 Å². The number of benzene rings is 3. The lowest BCUT2D eigenvalue weighted by molar-refractivity contribution is 0.0729. The molecule has 39 heavy (non-hydrogen) atoms. The lowest BCUT2D eigenvalue weighted by Gasteiger charge is -2.25. The molecule has 3 aromatic carbocycles. The molecule has 208 valence electrons. The molecule has 0 aliphatic rings. The van der Waals surface area contributed by atoms with Crippen LogP contribution in [0, 0.1) is 6.92 Å². The maximum Gasteiger partial charge on any atom is 0.343 e. The number of hydrogen-bond donors (Lipinski definition) is 1. The van der Waals surface area contributed by atoms with E-state index in [2.05, 4.69) is 6.92 Å². The third-order valence-electron chi connectivity index (χ3n) is 6.68. The van der Waals surface area contributed by atoms with Gasteiger partial charge in [0.25, 0.3) is 0 Å². The third kappa shape index (κ3) is 8.04. The second-order valence-corrected chi connectivity index (χ2v) is 11.8. The van der Waals surface area contributed by atoms with Crippen LogP contribution in [0.25, 0.3) is 0 Å². The Balaban J connectivity index is 1.79. The second-order valence-electron chi connectivity index (χ2n) is 9.72. The van der Waals surface area contributed by atoms with Gasteiger partial charge in [-0.05, 0) is 75.1 Å². The molecular formula is C32H38O6S. The fourth-order valence-corrected chi connectivity index (χ4v) is 6.37. The number of carbonyl (C=O) groups is 1. The van der Waals surface area contributed by atoms with Crippen molar-refractivity contribution >= 4 is 15.8 Å². The molecule has 7 heteroatoms. The maximum absolute atomic E-state index is 13.7. The zero-order valence-electron chi connectivity index (χ0n) is 23.1. The zero-order valence-corrected chi connectivity index (χ0v) is 23.9. The summed E-state index contributed by atoms with van der Waals surface area (Å²) in [5.74, 6) is 0.169. The molecule has 1 N–H and O–H groups in total. The molecule has 0 saturated carbocycles. The molecule has 0 fully saturated rings. The fourth-order valence-electron chi connectivity index (χ4n) is 4.43. The van der Waals surface area contributed by atoms with Crippen molar-refractivity contribution in [2.75, 3.05) is 7.11 Å². The number of aliphatic hydroxyl groups excluding tert-OH is 1. The van der Waals surface area contributed by atoms with Gasteiger partial charge in [0, 0.05) is 0 Å². The molecule has 0 aromatic heterocycles. The number of unbranched alkanes of at least 4 members (excludes halogenated alkanes) is 2. The van der Waals surface area contributed by atoms with E-state index in [0.717, 1.165) is 30.4 Å². The van der Waals surface area contributed by atoms with Crippen LogP contribution in [0.3, 0.4) is 0 Å². The predicted molar refractivity (Wildman–Crippen MR) is 154 cm³/mol. The lowest BCUT2D eigenvalue weighted by Crippen LogP contribution is -2.35. The lowest BCUT2D eigenvalue weighted by atomic mass is 10.00. The number of methoxy groups -OCH3 is 1. The number of carbonyl (C=O) groups excluding carboxylic acids is 1. The van der Waals surface area contributed by atoms with Gasteiger partial charge in [-0.25, -0.2) is 13.2 Å². The number of aliphatic hydroxyl groups is 1. The minimum Gasteiger partial charge on any atom is -0.493 e. The predicted octanol–water partition coefficient (Wildman–Crippen LogP) is 6.50. The molecule has 0 saturated heterocycles. The van der Waals surface area contributed by atoms with Gasteiger partial charge in [-0.1, -0.05) is 73.4 Å². The highest BCUT2D eigenvalue weighted by Crippen LogP contribution is 2.31. The number of sulfone groups is 1. The molecule has 3 rings (SSSR count). The Hall–Kier alpha value is -3.42. The average Bonchev–Trinajstić information content (AvgIpc) is 2.93. The summed E-state index contributed by atoms with van der Waals surface area (Å²) in [6.45, 7) is 5.77. The van der Waals surface area contributed by atoms with Crippen LogP contribution in [-0.4, -0.2) is 38.0 Å². The van der Waals surface area contributed by atoms with Crippen LogP contribution in [-0.2, 0) is 16.3 Å². The average molecular weight is 551 g/mol. The first-order valence-corrected chi connectivity index (χ1v) is 14.8. The normalized spacial score (nSPS) is 13.5. The fraction of sp³-hybridized carbons (Fsp3) is 0.344. The van der Waals surface area contributed by atoms with E-state index in [0.29, 0.717) is 23.3 Å². The monoisotopic (exact) mass is 550 g/mol. The summed E-state index contributed by atoms with van der Waals surface area (Å²) >= 11 is 0. The summed E-state index contributed by atoms with van der Waals surface area (Å²) in [6.07, 6.45) is 4.16. The van der Waals surface area contributed by atoms with Crippen LogP contribution >= 0.6 is 0 Å². The Labute approximate surface area is 232 Å². The first-order chi connectivity index (χ1) is 18.7. The van der Waals surface area contributed by atoms with Gasteiger partial charge in [-0.3, -0.25) is 0 Å². The van der Waals surface area contributed by atoms with Crippen molar-refractivity contribution in [1.29, 1.82) is 0 Å². The van der Waals surface area contributed by atoms with E-state index in [1.54, 1.807) is 73.7 Å². The molecule has 0 aliphatic carbocycles. The molecule has 2 atom stereocenters. The molecule has 0 heterocycles. The number of hydrogen-bond acceptors (Lipinski definition) is 6. The van der Waals surface area contributed by atoms with E-state index in [1.807, 2.05) is 19.1 Å². The van der Waals surface area contributed by atoms with Crippen molar-refractivity contribution in [2.24, 2.45) is 0 Å². The van der Waals surface area contributed by atoms with Crippen LogP contribution in [0.1, 0.15) is 61.0 Å². The Kier molecular flexibility index (Phi) is 10.9. The Morgan fingerprint density at radius 2 is 1.69 bits per heavy atom. The van der Waals surface area contributed by atoms with Crippen molar-refractivity contribution < 1.29 is 27.8 Å². The number of ether oxygens (including phenoxy) is 2. The first kappa shape index (κ1) is 30.1. The van der Waals surface area contributed by atoms with Crippen molar-refractivity contribution in [3.05, 3.63) is 101 Å².